The van der Waals surface area contributed by atoms with Gasteiger partial charge < -0.3 is 10.2 Å². The van der Waals surface area contributed by atoms with E-state index in [2.05, 4.69) is 20.2 Å². The minimum atomic E-state index is -3.58. The van der Waals surface area contributed by atoms with E-state index in [0.29, 0.717) is 17.4 Å². The summed E-state index contributed by atoms with van der Waals surface area (Å²) in [6, 6.07) is 7.95. The maximum atomic E-state index is 12.1. The lowest BCUT2D eigenvalue weighted by Gasteiger charge is -2.13. The van der Waals surface area contributed by atoms with Gasteiger partial charge in [-0.1, -0.05) is 17.7 Å². The molecule has 0 spiro atoms. The number of rotatable bonds is 7. The Morgan fingerprint density at radius 1 is 1.22 bits per heavy atom. The van der Waals surface area contributed by atoms with Gasteiger partial charge in [-0.15, -0.1) is 5.10 Å². The van der Waals surface area contributed by atoms with Gasteiger partial charge in [-0.2, -0.15) is 5.10 Å². The average molecular weight is 356 g/mol. The van der Waals surface area contributed by atoms with Crippen molar-refractivity contribution in [2.24, 2.45) is 0 Å². The topological polar surface area (TPSA) is 87.2 Å². The second kappa shape index (κ2) is 7.58. The summed E-state index contributed by atoms with van der Waals surface area (Å²) in [5.74, 6) is 0.582. The van der Waals surface area contributed by atoms with Crippen LogP contribution in [0.15, 0.2) is 41.4 Å². The molecule has 0 atom stereocenters. The Morgan fingerprint density at radius 2 is 2.00 bits per heavy atom. The second-order valence-corrected chi connectivity index (χ2v) is 7.18. The van der Waals surface area contributed by atoms with Crippen LogP contribution < -0.4 is 14.9 Å². The summed E-state index contributed by atoms with van der Waals surface area (Å²) >= 11 is 5.81. The summed E-state index contributed by atoms with van der Waals surface area (Å²) in [6.07, 6.45) is 1.65. The normalized spacial score (nSPS) is 11.3. The molecule has 1 heterocycles. The van der Waals surface area contributed by atoms with Gasteiger partial charge in [0.1, 0.15) is 0 Å². The Bertz CT molecular complexity index is 767. The molecule has 23 heavy (non-hydrogen) atoms. The zero-order valence-corrected chi connectivity index (χ0v) is 14.4. The molecule has 0 bridgehead atoms. The monoisotopic (exact) mass is 355 g/mol. The first-order chi connectivity index (χ1) is 10.9. The highest BCUT2D eigenvalue weighted by Gasteiger charge is 2.13. The van der Waals surface area contributed by atoms with Gasteiger partial charge in [-0.25, -0.2) is 13.1 Å². The molecule has 2 aromatic rings. The van der Waals surface area contributed by atoms with Crippen LogP contribution in [0.4, 0.5) is 11.5 Å². The predicted octanol–water partition coefficient (Wildman–Crippen LogP) is 1.59. The molecule has 1 aromatic heterocycles. The van der Waals surface area contributed by atoms with E-state index in [1.165, 1.54) is 12.1 Å². The Kier molecular flexibility index (Phi) is 5.75. The van der Waals surface area contributed by atoms with Crippen molar-refractivity contribution < 1.29 is 8.42 Å². The second-order valence-electron chi connectivity index (χ2n) is 4.98. The first kappa shape index (κ1) is 17.5. The van der Waals surface area contributed by atoms with Crippen molar-refractivity contribution in [1.29, 1.82) is 0 Å². The van der Waals surface area contributed by atoms with Crippen molar-refractivity contribution >= 4 is 33.1 Å². The molecule has 124 valence electrons. The van der Waals surface area contributed by atoms with Crippen LogP contribution in [-0.4, -0.2) is 45.8 Å². The van der Waals surface area contributed by atoms with Crippen LogP contribution in [0.1, 0.15) is 0 Å². The molecule has 0 saturated heterocycles. The Labute approximate surface area is 140 Å². The first-order valence-corrected chi connectivity index (χ1v) is 8.74. The van der Waals surface area contributed by atoms with Gasteiger partial charge in [0.25, 0.3) is 0 Å². The molecule has 1 aromatic carbocycles. The minimum Gasteiger partial charge on any atom is -0.376 e. The Hall–Kier alpha value is -1.90. The number of benzene rings is 1. The van der Waals surface area contributed by atoms with Crippen LogP contribution in [-0.2, 0) is 10.0 Å². The fraction of sp³-hybridized carbons (Fsp3) is 0.286. The summed E-state index contributed by atoms with van der Waals surface area (Å²) in [7, 11) is 0.228. The zero-order valence-electron chi connectivity index (χ0n) is 12.8. The molecule has 0 unspecified atom stereocenters. The SMILES string of the molecule is CN(C)c1cnnc(NCCNS(=O)(=O)c2cccc(Cl)c2)c1. The van der Waals surface area contributed by atoms with Gasteiger partial charge in [0.05, 0.1) is 16.8 Å². The molecular weight excluding hydrogens is 338 g/mol. The van der Waals surface area contributed by atoms with Crippen molar-refractivity contribution in [3.05, 3.63) is 41.6 Å². The molecule has 2 rings (SSSR count). The van der Waals surface area contributed by atoms with Crippen molar-refractivity contribution in [3.8, 4) is 0 Å². The van der Waals surface area contributed by atoms with Crippen LogP contribution in [0.3, 0.4) is 0 Å². The average Bonchev–Trinajstić information content (AvgIpc) is 2.52. The van der Waals surface area contributed by atoms with E-state index in [1.807, 2.05) is 25.1 Å². The fourth-order valence-corrected chi connectivity index (χ4v) is 3.11. The third kappa shape index (κ3) is 5.05. The minimum absolute atomic E-state index is 0.138. The van der Waals surface area contributed by atoms with Crippen LogP contribution in [0.25, 0.3) is 0 Å². The summed E-state index contributed by atoms with van der Waals surface area (Å²) in [6.45, 7) is 0.591. The fourth-order valence-electron chi connectivity index (χ4n) is 1.78. The van der Waals surface area contributed by atoms with Crippen molar-refractivity contribution in [3.63, 3.8) is 0 Å². The quantitative estimate of drug-likeness (QED) is 0.733. The summed E-state index contributed by atoms with van der Waals surface area (Å²) in [5, 5.41) is 11.2. The lowest BCUT2D eigenvalue weighted by Crippen LogP contribution is -2.29. The Balaban J connectivity index is 1.89. The molecule has 7 nitrogen and oxygen atoms in total. The largest absolute Gasteiger partial charge is 0.376 e. The first-order valence-electron chi connectivity index (χ1n) is 6.87. The molecule has 0 saturated carbocycles. The van der Waals surface area contributed by atoms with Crippen molar-refractivity contribution in [1.82, 2.24) is 14.9 Å². The molecule has 0 aliphatic carbocycles. The molecule has 2 N–H and O–H groups in total. The number of hydrogen-bond donors (Lipinski definition) is 2. The van der Waals surface area contributed by atoms with Gasteiger partial charge in [0.15, 0.2) is 5.82 Å². The number of sulfonamides is 1. The number of nitrogens with zero attached hydrogens (tertiary/aromatic N) is 3. The van der Waals surface area contributed by atoms with Crippen LogP contribution in [0, 0.1) is 0 Å². The third-order valence-electron chi connectivity index (χ3n) is 2.99. The molecule has 0 radical (unpaired) electrons. The maximum Gasteiger partial charge on any atom is 0.240 e. The van der Waals surface area contributed by atoms with Gasteiger partial charge in [0.2, 0.25) is 10.0 Å². The standard InChI is InChI=1S/C14H18ClN5O2S/c1-20(2)12-9-14(19-17-10-12)16-6-7-18-23(21,22)13-5-3-4-11(15)8-13/h3-5,8-10,18H,6-7H2,1-2H3,(H,16,19). The lowest BCUT2D eigenvalue weighted by molar-refractivity contribution is 0.583. The summed E-state index contributed by atoms with van der Waals surface area (Å²) in [4.78, 5) is 2.04. The van der Waals surface area contributed by atoms with Gasteiger partial charge in [-0.3, -0.25) is 0 Å². The maximum absolute atomic E-state index is 12.1. The predicted molar refractivity (Wildman–Crippen MR) is 91.5 cm³/mol. The van der Waals surface area contributed by atoms with Gasteiger partial charge >= 0.3 is 0 Å². The summed E-state index contributed by atoms with van der Waals surface area (Å²) in [5.41, 5.74) is 0.905. The van der Waals surface area contributed by atoms with Crippen molar-refractivity contribution in [2.75, 3.05) is 37.4 Å². The van der Waals surface area contributed by atoms with E-state index in [9.17, 15) is 8.42 Å². The van der Waals surface area contributed by atoms with Gasteiger partial charge in [-0.05, 0) is 18.2 Å². The number of hydrogen-bond acceptors (Lipinski definition) is 6. The van der Waals surface area contributed by atoms with Crippen LogP contribution in [0.5, 0.6) is 0 Å². The highest BCUT2D eigenvalue weighted by Crippen LogP contribution is 2.15. The molecule has 0 aliphatic heterocycles. The Morgan fingerprint density at radius 3 is 2.70 bits per heavy atom. The highest BCUT2D eigenvalue weighted by atomic mass is 35.5. The number of nitrogens with one attached hydrogen (secondary N) is 2. The molecule has 9 heteroatoms. The number of aromatic nitrogens is 2. The van der Waals surface area contributed by atoms with E-state index in [4.69, 9.17) is 11.6 Å². The van der Waals surface area contributed by atoms with Crippen molar-refractivity contribution in [2.45, 2.75) is 4.90 Å². The van der Waals surface area contributed by atoms with E-state index >= 15 is 0 Å². The highest BCUT2D eigenvalue weighted by molar-refractivity contribution is 7.89. The zero-order chi connectivity index (χ0) is 16.9. The molecule has 0 aliphatic rings. The van der Waals surface area contributed by atoms with Gasteiger partial charge in [0, 0.05) is 38.3 Å². The van der Waals surface area contributed by atoms with E-state index in [-0.39, 0.29) is 11.4 Å². The number of anilines is 2. The molecular formula is C14H18ClN5O2S. The lowest BCUT2D eigenvalue weighted by atomic mass is 10.4. The van der Waals surface area contributed by atoms with E-state index in [1.54, 1.807) is 18.3 Å². The molecule has 0 amide bonds. The van der Waals surface area contributed by atoms with Crippen LogP contribution in [0.2, 0.25) is 5.02 Å². The molecule has 0 fully saturated rings. The number of halogens is 1. The van der Waals surface area contributed by atoms with Crippen LogP contribution >= 0.6 is 11.6 Å². The summed E-state index contributed by atoms with van der Waals surface area (Å²) < 4.78 is 26.7. The van der Waals surface area contributed by atoms with E-state index < -0.39 is 10.0 Å². The smallest absolute Gasteiger partial charge is 0.240 e. The van der Waals surface area contributed by atoms with E-state index in [0.717, 1.165) is 5.69 Å². The third-order valence-corrected chi connectivity index (χ3v) is 4.68.